The predicted molar refractivity (Wildman–Crippen MR) is 94.9 cm³/mol. The lowest BCUT2D eigenvalue weighted by Crippen LogP contribution is -2.46. The standard InChI is InChI=1S/C19H24ClNO3/c1-18(2,3)24-17(22)21-16-8-5-10-19(23,13-16)11-9-14-6-4-7-15(20)12-14/h4,6-7,12,16,23H,5,8,10,13H2,1-3H3,(H,21,22)/t16-,19+/m1/s1. The Labute approximate surface area is 148 Å². The zero-order valence-corrected chi connectivity index (χ0v) is 15.1. The average Bonchev–Trinajstić information content (AvgIpc) is 2.43. The predicted octanol–water partition coefficient (Wildman–Crippen LogP) is 3.89. The summed E-state index contributed by atoms with van der Waals surface area (Å²) >= 11 is 5.94. The number of halogens is 1. The van der Waals surface area contributed by atoms with Gasteiger partial charge in [0.1, 0.15) is 11.2 Å². The van der Waals surface area contributed by atoms with E-state index in [1.807, 2.05) is 32.9 Å². The van der Waals surface area contributed by atoms with Crippen molar-refractivity contribution in [2.75, 3.05) is 0 Å². The molecule has 0 aromatic heterocycles. The fourth-order valence-electron chi connectivity index (χ4n) is 2.72. The number of nitrogens with one attached hydrogen (secondary N) is 1. The van der Waals surface area contributed by atoms with Crippen molar-refractivity contribution in [1.29, 1.82) is 0 Å². The van der Waals surface area contributed by atoms with E-state index < -0.39 is 17.3 Å². The first-order chi connectivity index (χ1) is 11.2. The molecule has 1 amide bonds. The van der Waals surface area contributed by atoms with Crippen molar-refractivity contribution < 1.29 is 14.6 Å². The minimum Gasteiger partial charge on any atom is -0.444 e. The monoisotopic (exact) mass is 349 g/mol. The van der Waals surface area contributed by atoms with Crippen molar-refractivity contribution in [3.8, 4) is 11.8 Å². The van der Waals surface area contributed by atoms with E-state index in [0.29, 0.717) is 17.9 Å². The van der Waals surface area contributed by atoms with Gasteiger partial charge in [0.25, 0.3) is 0 Å². The second-order valence-corrected chi connectivity index (χ2v) is 7.67. The first-order valence-electron chi connectivity index (χ1n) is 8.16. The topological polar surface area (TPSA) is 58.6 Å². The lowest BCUT2D eigenvalue weighted by molar-refractivity contribution is 0.0307. The summed E-state index contributed by atoms with van der Waals surface area (Å²) in [6.07, 6.45) is 2.12. The van der Waals surface area contributed by atoms with E-state index in [1.165, 1.54) is 0 Å². The molecule has 5 heteroatoms. The van der Waals surface area contributed by atoms with Crippen molar-refractivity contribution in [2.24, 2.45) is 0 Å². The third kappa shape index (κ3) is 6.07. The van der Waals surface area contributed by atoms with Crippen LogP contribution < -0.4 is 5.32 Å². The lowest BCUT2D eigenvalue weighted by atomic mass is 9.82. The Bertz CT molecular complexity index is 657. The van der Waals surface area contributed by atoms with Crippen molar-refractivity contribution >= 4 is 17.7 Å². The highest BCUT2D eigenvalue weighted by Gasteiger charge is 2.34. The molecule has 1 saturated carbocycles. The Hall–Kier alpha value is -1.70. The van der Waals surface area contributed by atoms with Crippen LogP contribution in [0.4, 0.5) is 4.79 Å². The summed E-state index contributed by atoms with van der Waals surface area (Å²) in [7, 11) is 0. The Morgan fingerprint density at radius 2 is 2.21 bits per heavy atom. The van der Waals surface area contributed by atoms with Crippen LogP contribution in [-0.2, 0) is 4.74 Å². The van der Waals surface area contributed by atoms with E-state index in [0.717, 1.165) is 18.4 Å². The fraction of sp³-hybridized carbons (Fsp3) is 0.526. The van der Waals surface area contributed by atoms with Gasteiger partial charge in [-0.2, -0.15) is 0 Å². The Balaban J connectivity index is 2.00. The normalized spacial score (nSPS) is 23.8. The molecule has 1 aliphatic rings. The zero-order chi connectivity index (χ0) is 17.8. The maximum Gasteiger partial charge on any atom is 0.407 e. The molecule has 1 fully saturated rings. The van der Waals surface area contributed by atoms with Crippen LogP contribution in [0.25, 0.3) is 0 Å². The van der Waals surface area contributed by atoms with Gasteiger partial charge in [-0.05, 0) is 58.2 Å². The number of carbonyl (C=O) groups excluding carboxylic acids is 1. The number of alkyl carbamates (subject to hydrolysis) is 1. The number of rotatable bonds is 1. The van der Waals surface area contributed by atoms with E-state index in [1.54, 1.807) is 12.1 Å². The smallest absolute Gasteiger partial charge is 0.407 e. The highest BCUT2D eigenvalue weighted by atomic mass is 35.5. The van der Waals surface area contributed by atoms with Crippen LogP contribution in [0.2, 0.25) is 5.02 Å². The Morgan fingerprint density at radius 1 is 1.46 bits per heavy atom. The molecule has 0 saturated heterocycles. The van der Waals surface area contributed by atoms with Crippen molar-refractivity contribution in [3.63, 3.8) is 0 Å². The molecule has 130 valence electrons. The van der Waals surface area contributed by atoms with E-state index in [9.17, 15) is 9.90 Å². The van der Waals surface area contributed by atoms with Gasteiger partial charge in [-0.25, -0.2) is 4.79 Å². The largest absolute Gasteiger partial charge is 0.444 e. The van der Waals surface area contributed by atoms with Gasteiger partial charge in [0.2, 0.25) is 0 Å². The molecule has 0 heterocycles. The summed E-state index contributed by atoms with van der Waals surface area (Å²) in [6.45, 7) is 5.46. The van der Waals surface area contributed by atoms with Gasteiger partial charge in [0, 0.05) is 23.0 Å². The van der Waals surface area contributed by atoms with Crippen LogP contribution in [0.3, 0.4) is 0 Å². The zero-order valence-electron chi connectivity index (χ0n) is 14.4. The summed E-state index contributed by atoms with van der Waals surface area (Å²) in [5, 5.41) is 14.2. The number of carbonyl (C=O) groups is 1. The summed E-state index contributed by atoms with van der Waals surface area (Å²) in [6, 6.07) is 7.07. The number of hydrogen-bond donors (Lipinski definition) is 2. The number of hydrogen-bond acceptors (Lipinski definition) is 3. The molecule has 0 bridgehead atoms. The van der Waals surface area contributed by atoms with Crippen LogP contribution in [0.1, 0.15) is 52.0 Å². The van der Waals surface area contributed by atoms with Gasteiger partial charge in [-0.15, -0.1) is 0 Å². The Morgan fingerprint density at radius 3 is 2.88 bits per heavy atom. The number of aliphatic hydroxyl groups is 1. The van der Waals surface area contributed by atoms with E-state index in [2.05, 4.69) is 17.2 Å². The van der Waals surface area contributed by atoms with Gasteiger partial charge in [0.05, 0.1) is 0 Å². The van der Waals surface area contributed by atoms with Gasteiger partial charge >= 0.3 is 6.09 Å². The summed E-state index contributed by atoms with van der Waals surface area (Å²) in [5.41, 5.74) is -0.889. The quantitative estimate of drug-likeness (QED) is 0.756. The lowest BCUT2D eigenvalue weighted by Gasteiger charge is -2.33. The molecule has 4 nitrogen and oxygen atoms in total. The number of amides is 1. The van der Waals surface area contributed by atoms with E-state index in [4.69, 9.17) is 16.3 Å². The average molecular weight is 350 g/mol. The second kappa shape index (κ2) is 7.46. The van der Waals surface area contributed by atoms with Gasteiger partial charge in [-0.1, -0.05) is 29.5 Å². The van der Waals surface area contributed by atoms with Crippen LogP contribution in [-0.4, -0.2) is 28.4 Å². The first kappa shape index (κ1) is 18.6. The minimum atomic E-state index is -1.11. The highest BCUT2D eigenvalue weighted by molar-refractivity contribution is 6.30. The molecule has 0 spiro atoms. The summed E-state index contributed by atoms with van der Waals surface area (Å²) in [5.74, 6) is 5.93. The Kier molecular flexibility index (Phi) is 5.79. The van der Waals surface area contributed by atoms with Crippen LogP contribution in [0.5, 0.6) is 0 Å². The fourth-order valence-corrected chi connectivity index (χ4v) is 2.91. The number of benzene rings is 1. The van der Waals surface area contributed by atoms with Crippen LogP contribution >= 0.6 is 11.6 Å². The molecule has 1 aromatic carbocycles. The third-order valence-corrected chi connectivity index (χ3v) is 3.95. The SMILES string of the molecule is CC(C)(C)OC(=O)N[C@@H]1CCC[C@](O)(C#Cc2cccc(Cl)c2)C1. The molecule has 24 heavy (non-hydrogen) atoms. The van der Waals surface area contributed by atoms with Crippen molar-refractivity contribution in [3.05, 3.63) is 34.9 Å². The van der Waals surface area contributed by atoms with Crippen LogP contribution in [0, 0.1) is 11.8 Å². The summed E-state index contributed by atoms with van der Waals surface area (Å²) in [4.78, 5) is 11.9. The minimum absolute atomic E-state index is 0.146. The molecule has 2 rings (SSSR count). The molecule has 0 radical (unpaired) electrons. The second-order valence-electron chi connectivity index (χ2n) is 7.23. The molecule has 0 unspecified atom stereocenters. The van der Waals surface area contributed by atoms with E-state index >= 15 is 0 Å². The molecule has 0 aliphatic heterocycles. The maximum absolute atomic E-state index is 11.9. The molecule has 1 aliphatic carbocycles. The first-order valence-corrected chi connectivity index (χ1v) is 8.54. The van der Waals surface area contributed by atoms with Crippen LogP contribution in [0.15, 0.2) is 24.3 Å². The van der Waals surface area contributed by atoms with Gasteiger partial charge in [-0.3, -0.25) is 0 Å². The molecular weight excluding hydrogens is 326 g/mol. The molecule has 2 N–H and O–H groups in total. The highest BCUT2D eigenvalue weighted by Crippen LogP contribution is 2.28. The molecule has 2 atom stereocenters. The van der Waals surface area contributed by atoms with Crippen molar-refractivity contribution in [1.82, 2.24) is 5.32 Å². The number of ether oxygens (including phenoxy) is 1. The maximum atomic E-state index is 11.9. The summed E-state index contributed by atoms with van der Waals surface area (Å²) < 4.78 is 5.27. The van der Waals surface area contributed by atoms with Gasteiger partial charge < -0.3 is 15.2 Å². The van der Waals surface area contributed by atoms with Crippen molar-refractivity contribution in [2.45, 2.75) is 63.7 Å². The molecule has 1 aromatic rings. The van der Waals surface area contributed by atoms with E-state index in [-0.39, 0.29) is 6.04 Å². The van der Waals surface area contributed by atoms with Gasteiger partial charge in [0.15, 0.2) is 0 Å². The third-order valence-electron chi connectivity index (χ3n) is 3.71. The molecular formula is C19H24ClNO3.